The van der Waals surface area contributed by atoms with Gasteiger partial charge in [0.25, 0.3) is 0 Å². The Hall–Kier alpha value is -5.57. The summed E-state index contributed by atoms with van der Waals surface area (Å²) < 4.78 is 0. The molecule has 1 fully saturated rings. The van der Waals surface area contributed by atoms with Gasteiger partial charge in [-0.05, 0) is 42.2 Å². The molecule has 0 spiro atoms. The van der Waals surface area contributed by atoms with Crippen molar-refractivity contribution < 1.29 is 58.8 Å². The van der Waals surface area contributed by atoms with E-state index in [2.05, 4.69) is 20.6 Å². The molecule has 1 aliphatic rings. The lowest BCUT2D eigenvalue weighted by atomic mass is 9.86. The lowest BCUT2D eigenvalue weighted by molar-refractivity contribution is -0.145. The minimum Gasteiger partial charge on any atom is -0.480 e. The molecule has 0 bridgehead atoms. The number of hydrogen-bond acceptors (Lipinski definition) is 13. The van der Waals surface area contributed by atoms with Gasteiger partial charge in [0.15, 0.2) is 5.78 Å². The molecule has 2 aromatic rings. The minimum atomic E-state index is -1.16. The number of carboxylic acid groups (broad SMARTS) is 4. The van der Waals surface area contributed by atoms with Gasteiger partial charge in [-0.3, -0.25) is 58.0 Å². The molecular formula is C48H74N8O12. The summed E-state index contributed by atoms with van der Waals surface area (Å²) in [6, 6.07) is 5.59. The average molecular weight is 955 g/mol. The topological polar surface area (TPSA) is 283 Å². The maximum Gasteiger partial charge on any atom is 0.320 e. The molecule has 20 nitrogen and oxygen atoms in total. The lowest BCUT2D eigenvalue weighted by Gasteiger charge is -2.35. The van der Waals surface area contributed by atoms with E-state index < -0.39 is 47.8 Å². The third-order valence-electron chi connectivity index (χ3n) is 12.5. The molecule has 378 valence electrons. The molecule has 2 heterocycles. The van der Waals surface area contributed by atoms with Gasteiger partial charge in [0.05, 0.1) is 32.0 Å². The van der Waals surface area contributed by atoms with Crippen LogP contribution in [0.2, 0.25) is 0 Å². The van der Waals surface area contributed by atoms with Crippen molar-refractivity contribution in [3.8, 4) is 0 Å². The Kier molecular flexibility index (Phi) is 24.5. The van der Waals surface area contributed by atoms with Crippen LogP contribution in [0, 0.1) is 23.7 Å². The third kappa shape index (κ3) is 21.2. The van der Waals surface area contributed by atoms with Crippen LogP contribution < -0.4 is 10.6 Å². The molecule has 0 aliphatic carbocycles. The van der Waals surface area contributed by atoms with Crippen LogP contribution in [-0.2, 0) is 57.7 Å². The van der Waals surface area contributed by atoms with Gasteiger partial charge in [-0.15, -0.1) is 0 Å². The average Bonchev–Trinajstić information content (AvgIpc) is 3.79. The van der Waals surface area contributed by atoms with Gasteiger partial charge < -0.3 is 36.0 Å². The Balaban J connectivity index is 1.58. The normalized spacial score (nSPS) is 17.1. The number of H-pyrrole nitrogens is 1. The second-order valence-electron chi connectivity index (χ2n) is 18.6. The monoisotopic (exact) mass is 955 g/mol. The molecule has 2 amide bonds. The minimum absolute atomic E-state index is 0.0141. The maximum absolute atomic E-state index is 13.8. The number of aromatic nitrogens is 2. The highest BCUT2D eigenvalue weighted by molar-refractivity contribution is 5.93. The van der Waals surface area contributed by atoms with Crippen LogP contribution in [0.5, 0.6) is 0 Å². The molecule has 3 rings (SSSR count). The van der Waals surface area contributed by atoms with Crippen LogP contribution in [0.15, 0.2) is 36.8 Å². The number of aryl methyl sites for hydroxylation is 1. The van der Waals surface area contributed by atoms with Gasteiger partial charge in [-0.1, -0.05) is 65.3 Å². The number of amides is 2. The molecule has 1 aromatic heterocycles. The first kappa shape index (κ1) is 56.8. The SMILES string of the molecule is CCC(C)[C@H](NC(=O)[C@@H](C)Cc1cnc[nH]1)C(=O)C[C@@H](CC(C)C)C(=O)NCc1ccc(CCC(=O)CCC(C(=O)O)N2CCN(CC(=O)O)CCN(CC(=O)O)CCN(CC(=O)O)CC2)cc1. The van der Waals surface area contributed by atoms with Crippen LogP contribution in [0.25, 0.3) is 0 Å². The van der Waals surface area contributed by atoms with Crippen LogP contribution in [0.1, 0.15) is 90.0 Å². The van der Waals surface area contributed by atoms with Gasteiger partial charge in [0, 0.05) is 108 Å². The van der Waals surface area contributed by atoms with E-state index in [0.717, 1.165) is 16.8 Å². The van der Waals surface area contributed by atoms with E-state index >= 15 is 0 Å². The predicted octanol–water partition coefficient (Wildman–Crippen LogP) is 2.27. The van der Waals surface area contributed by atoms with Crippen molar-refractivity contribution in [1.29, 1.82) is 0 Å². The number of ketones is 2. The van der Waals surface area contributed by atoms with E-state index in [0.29, 0.717) is 25.7 Å². The van der Waals surface area contributed by atoms with Gasteiger partial charge in [0.2, 0.25) is 11.8 Å². The second kappa shape index (κ2) is 29.3. The molecule has 2 unspecified atom stereocenters. The number of benzene rings is 1. The standard InChI is InChI=1S/C48H74N8O12/c1-6-33(4)45(52-46(65)34(5)24-38-27-49-31-51-38)41(58)25-37(23-32(2)3)47(66)50-26-36-9-7-35(8-10-36)11-12-39(57)13-14-40(48(67)68)56-21-19-54(29-43(61)62)17-15-53(28-42(59)60)16-18-55(20-22-56)30-44(63)64/h7-10,27,31-34,37,40,45H,6,11-26,28-30H2,1-5H3,(H,49,51)(H,50,66)(H,52,65)(H,59,60)(H,61,62)(H,63,64)(H,67,68)/t33?,34-,37+,40?,45-/m0/s1. The number of carbonyl (C=O) groups is 8. The molecular weight excluding hydrogens is 881 g/mol. The largest absolute Gasteiger partial charge is 0.480 e. The highest BCUT2D eigenvalue weighted by Gasteiger charge is 2.32. The molecule has 68 heavy (non-hydrogen) atoms. The van der Waals surface area contributed by atoms with Crippen molar-refractivity contribution in [2.24, 2.45) is 23.7 Å². The summed E-state index contributed by atoms with van der Waals surface area (Å²) in [5, 5.41) is 44.8. The predicted molar refractivity (Wildman–Crippen MR) is 251 cm³/mol. The first-order chi connectivity index (χ1) is 32.2. The van der Waals surface area contributed by atoms with E-state index in [4.69, 9.17) is 0 Å². The fourth-order valence-corrected chi connectivity index (χ4v) is 8.35. The number of aliphatic carboxylic acids is 4. The Labute approximate surface area is 399 Å². The quantitative estimate of drug-likeness (QED) is 0.0644. The van der Waals surface area contributed by atoms with E-state index in [1.54, 1.807) is 39.0 Å². The zero-order chi connectivity index (χ0) is 50.3. The highest BCUT2D eigenvalue weighted by atomic mass is 16.4. The van der Waals surface area contributed by atoms with E-state index in [1.165, 1.54) is 0 Å². The van der Waals surface area contributed by atoms with Crippen LogP contribution >= 0.6 is 0 Å². The van der Waals surface area contributed by atoms with E-state index in [1.807, 2.05) is 52.0 Å². The summed E-state index contributed by atoms with van der Waals surface area (Å²) in [5.41, 5.74) is 2.50. The van der Waals surface area contributed by atoms with Crippen LogP contribution in [0.4, 0.5) is 0 Å². The third-order valence-corrected chi connectivity index (χ3v) is 12.5. The Morgan fingerprint density at radius 2 is 1.25 bits per heavy atom. The molecule has 1 saturated heterocycles. The van der Waals surface area contributed by atoms with Crippen molar-refractivity contribution in [1.82, 2.24) is 40.2 Å². The zero-order valence-corrected chi connectivity index (χ0v) is 40.4. The van der Waals surface area contributed by atoms with Crippen LogP contribution in [0.3, 0.4) is 0 Å². The second-order valence-corrected chi connectivity index (χ2v) is 18.6. The van der Waals surface area contributed by atoms with Crippen molar-refractivity contribution >= 4 is 47.3 Å². The number of carboxylic acids is 4. The molecule has 7 N–H and O–H groups in total. The number of hydrogen-bond donors (Lipinski definition) is 7. The maximum atomic E-state index is 13.8. The Morgan fingerprint density at radius 1 is 0.721 bits per heavy atom. The Morgan fingerprint density at radius 3 is 1.72 bits per heavy atom. The molecule has 1 aromatic carbocycles. The lowest BCUT2D eigenvalue weighted by Crippen LogP contribution is -2.51. The van der Waals surface area contributed by atoms with Crippen molar-refractivity contribution in [3.05, 3.63) is 53.6 Å². The Bertz CT molecular complexity index is 1910. The summed E-state index contributed by atoms with van der Waals surface area (Å²) in [7, 11) is 0. The first-order valence-corrected chi connectivity index (χ1v) is 23.7. The fraction of sp³-hybridized carbons (Fsp3) is 0.646. The van der Waals surface area contributed by atoms with Gasteiger partial charge >= 0.3 is 23.9 Å². The van der Waals surface area contributed by atoms with E-state index in [-0.39, 0.29) is 139 Å². The zero-order valence-electron chi connectivity index (χ0n) is 40.4. The molecule has 20 heteroatoms. The molecule has 5 atom stereocenters. The molecule has 0 radical (unpaired) electrons. The summed E-state index contributed by atoms with van der Waals surface area (Å²) in [6.07, 6.45) is 5.30. The number of Topliss-reactive ketones (excluding diaryl/α,β-unsaturated/α-hetero) is 2. The summed E-state index contributed by atoms with van der Waals surface area (Å²) in [4.78, 5) is 115. The number of imidazole rings is 1. The van der Waals surface area contributed by atoms with Gasteiger partial charge in [-0.25, -0.2) is 4.98 Å². The van der Waals surface area contributed by atoms with Crippen molar-refractivity contribution in [2.45, 2.75) is 105 Å². The fourth-order valence-electron chi connectivity index (χ4n) is 8.35. The number of nitrogens with zero attached hydrogens (tertiary/aromatic N) is 5. The molecule has 0 saturated carbocycles. The van der Waals surface area contributed by atoms with Gasteiger partial charge in [-0.2, -0.15) is 0 Å². The number of nitrogens with one attached hydrogen (secondary N) is 3. The summed E-state index contributed by atoms with van der Waals surface area (Å²) in [6.45, 7) is 10.2. The smallest absolute Gasteiger partial charge is 0.320 e. The number of rotatable bonds is 28. The molecule has 1 aliphatic heterocycles. The highest BCUT2D eigenvalue weighted by Crippen LogP contribution is 2.21. The number of aromatic amines is 1. The van der Waals surface area contributed by atoms with E-state index in [9.17, 15) is 58.8 Å². The number of carbonyl (C=O) groups excluding carboxylic acids is 4. The summed E-state index contributed by atoms with van der Waals surface area (Å²) in [5.74, 6) is -6.24. The van der Waals surface area contributed by atoms with Gasteiger partial charge in [0.1, 0.15) is 11.8 Å². The summed E-state index contributed by atoms with van der Waals surface area (Å²) >= 11 is 0. The van der Waals surface area contributed by atoms with Crippen LogP contribution in [-0.4, -0.2) is 181 Å². The van der Waals surface area contributed by atoms with Crippen molar-refractivity contribution in [2.75, 3.05) is 72.0 Å². The van der Waals surface area contributed by atoms with Crippen molar-refractivity contribution in [3.63, 3.8) is 0 Å². The first-order valence-electron chi connectivity index (χ1n) is 23.7.